The van der Waals surface area contributed by atoms with Crippen LogP contribution in [0.5, 0.6) is 0 Å². The van der Waals surface area contributed by atoms with Crippen molar-refractivity contribution in [3.05, 3.63) is 22.6 Å². The third kappa shape index (κ3) is 2.61. The molecule has 0 spiro atoms. The van der Waals surface area contributed by atoms with Gasteiger partial charge in [0.15, 0.2) is 11.6 Å². The first-order valence-corrected chi connectivity index (χ1v) is 6.10. The first kappa shape index (κ1) is 11.1. The smallest absolute Gasteiger partial charge is 0.166 e. The van der Waals surface area contributed by atoms with Crippen LogP contribution in [0.1, 0.15) is 12.8 Å². The van der Waals surface area contributed by atoms with Crippen molar-refractivity contribution in [1.29, 1.82) is 0 Å². The molecule has 5 heteroatoms. The lowest BCUT2D eigenvalue weighted by atomic mass is 10.1. The Balaban J connectivity index is 2.15. The van der Waals surface area contributed by atoms with Gasteiger partial charge in [0.25, 0.3) is 0 Å². The number of hydrogen-bond donors (Lipinski definition) is 0. The molecule has 0 bridgehead atoms. The van der Waals surface area contributed by atoms with E-state index in [1.807, 2.05) is 4.90 Å². The van der Waals surface area contributed by atoms with Gasteiger partial charge in [-0.05, 0) is 34.8 Å². The molecule has 1 aliphatic heterocycles. The van der Waals surface area contributed by atoms with Crippen LogP contribution in [0.3, 0.4) is 0 Å². The highest BCUT2D eigenvalue weighted by atomic mass is 79.9. The molecule has 0 aliphatic carbocycles. The van der Waals surface area contributed by atoms with Gasteiger partial charge in [0.1, 0.15) is 0 Å². The maximum absolute atomic E-state index is 13.6. The minimum absolute atomic E-state index is 0.222. The molecule has 82 valence electrons. The third-order valence-corrected chi connectivity index (χ3v) is 3.38. The molecule has 2 rings (SSSR count). The summed E-state index contributed by atoms with van der Waals surface area (Å²) >= 11 is 9.17. The van der Waals surface area contributed by atoms with Gasteiger partial charge in [-0.3, -0.25) is 0 Å². The Morgan fingerprint density at radius 2 is 2.13 bits per heavy atom. The fraction of sp³-hybridized carbons (Fsp3) is 0.500. The lowest BCUT2D eigenvalue weighted by Gasteiger charge is -2.30. The maximum Gasteiger partial charge on any atom is 0.166 e. The van der Waals surface area contributed by atoms with Crippen LogP contribution in [0, 0.1) is 5.82 Å². The summed E-state index contributed by atoms with van der Waals surface area (Å²) < 4.78 is 14.2. The van der Waals surface area contributed by atoms with Crippen LogP contribution in [0.2, 0.25) is 0 Å². The van der Waals surface area contributed by atoms with Gasteiger partial charge >= 0.3 is 0 Å². The molecular formula is C10H11BrClFN2. The second kappa shape index (κ2) is 4.66. The molecule has 15 heavy (non-hydrogen) atoms. The Morgan fingerprint density at radius 1 is 1.47 bits per heavy atom. The average molecular weight is 294 g/mol. The van der Waals surface area contributed by atoms with Crippen molar-refractivity contribution in [3.8, 4) is 0 Å². The van der Waals surface area contributed by atoms with Crippen molar-refractivity contribution in [2.75, 3.05) is 18.0 Å². The van der Waals surface area contributed by atoms with E-state index in [0.29, 0.717) is 10.3 Å². The van der Waals surface area contributed by atoms with E-state index >= 15 is 0 Å². The monoisotopic (exact) mass is 292 g/mol. The zero-order chi connectivity index (χ0) is 10.8. The van der Waals surface area contributed by atoms with E-state index in [1.54, 1.807) is 6.20 Å². The normalized spacial score (nSPS) is 18.2. The summed E-state index contributed by atoms with van der Waals surface area (Å²) in [5.74, 6) is 0.152. The minimum Gasteiger partial charge on any atom is -0.354 e. The van der Waals surface area contributed by atoms with Crippen LogP contribution in [0.15, 0.2) is 16.7 Å². The molecule has 2 nitrogen and oxygen atoms in total. The molecule has 0 radical (unpaired) electrons. The Kier molecular flexibility index (Phi) is 3.46. The average Bonchev–Trinajstić information content (AvgIpc) is 2.20. The molecular weight excluding hydrogens is 282 g/mol. The summed E-state index contributed by atoms with van der Waals surface area (Å²) in [5.41, 5.74) is 0. The quantitative estimate of drug-likeness (QED) is 0.739. The van der Waals surface area contributed by atoms with Crippen LogP contribution in [0.4, 0.5) is 10.2 Å². The maximum atomic E-state index is 13.6. The largest absolute Gasteiger partial charge is 0.354 e. The van der Waals surface area contributed by atoms with Gasteiger partial charge in [0, 0.05) is 29.1 Å². The van der Waals surface area contributed by atoms with E-state index in [9.17, 15) is 4.39 Å². The van der Waals surface area contributed by atoms with E-state index < -0.39 is 0 Å². The van der Waals surface area contributed by atoms with Gasteiger partial charge in [-0.15, -0.1) is 11.6 Å². The fourth-order valence-corrected chi connectivity index (χ4v) is 2.20. The van der Waals surface area contributed by atoms with Crippen LogP contribution in [-0.2, 0) is 0 Å². The van der Waals surface area contributed by atoms with Gasteiger partial charge in [-0.25, -0.2) is 9.37 Å². The van der Waals surface area contributed by atoms with Gasteiger partial charge < -0.3 is 4.90 Å². The molecule has 0 unspecified atom stereocenters. The van der Waals surface area contributed by atoms with Crippen molar-refractivity contribution >= 4 is 33.3 Å². The number of piperidine rings is 1. The first-order valence-electron chi connectivity index (χ1n) is 4.87. The molecule has 0 N–H and O–H groups in total. The van der Waals surface area contributed by atoms with Gasteiger partial charge in [0.05, 0.1) is 0 Å². The first-order chi connectivity index (χ1) is 7.16. The van der Waals surface area contributed by atoms with E-state index in [2.05, 4.69) is 20.9 Å². The van der Waals surface area contributed by atoms with Crippen molar-refractivity contribution in [1.82, 2.24) is 4.98 Å². The summed E-state index contributed by atoms with van der Waals surface area (Å²) in [6.07, 6.45) is 3.39. The molecule has 1 aromatic heterocycles. The number of alkyl halides is 1. The predicted octanol–water partition coefficient (Wildman–Crippen LogP) is 3.19. The number of hydrogen-bond acceptors (Lipinski definition) is 2. The van der Waals surface area contributed by atoms with E-state index in [-0.39, 0.29) is 11.2 Å². The van der Waals surface area contributed by atoms with E-state index in [1.165, 1.54) is 6.07 Å². The zero-order valence-corrected chi connectivity index (χ0v) is 10.4. The number of rotatable bonds is 1. The van der Waals surface area contributed by atoms with Crippen LogP contribution in [0.25, 0.3) is 0 Å². The van der Waals surface area contributed by atoms with Crippen LogP contribution >= 0.6 is 27.5 Å². The zero-order valence-electron chi connectivity index (χ0n) is 8.09. The van der Waals surface area contributed by atoms with Gasteiger partial charge in [-0.2, -0.15) is 0 Å². The molecule has 0 saturated carbocycles. The summed E-state index contributed by atoms with van der Waals surface area (Å²) in [5, 5.41) is 0.222. The lowest BCUT2D eigenvalue weighted by Crippen LogP contribution is -2.35. The van der Waals surface area contributed by atoms with Crippen LogP contribution < -0.4 is 4.90 Å². The summed E-state index contributed by atoms with van der Waals surface area (Å²) in [6, 6.07) is 1.44. The van der Waals surface area contributed by atoms with Crippen molar-refractivity contribution in [2.24, 2.45) is 0 Å². The lowest BCUT2D eigenvalue weighted by molar-refractivity contribution is 0.554. The van der Waals surface area contributed by atoms with Gasteiger partial charge in [-0.1, -0.05) is 0 Å². The van der Waals surface area contributed by atoms with Gasteiger partial charge in [0.2, 0.25) is 0 Å². The number of nitrogens with zero attached hydrogens (tertiary/aromatic N) is 2. The summed E-state index contributed by atoms with van der Waals surface area (Å²) in [7, 11) is 0. The molecule has 1 saturated heterocycles. The number of anilines is 1. The van der Waals surface area contributed by atoms with Crippen molar-refractivity contribution < 1.29 is 4.39 Å². The Morgan fingerprint density at radius 3 is 2.73 bits per heavy atom. The van der Waals surface area contributed by atoms with E-state index in [4.69, 9.17) is 11.6 Å². The van der Waals surface area contributed by atoms with Crippen molar-refractivity contribution in [3.63, 3.8) is 0 Å². The SMILES string of the molecule is Fc1cc(Br)cnc1N1CCC(Cl)CC1. The standard InChI is InChI=1S/C10H11BrClFN2/c11-7-5-9(13)10(14-6-7)15-3-1-8(12)2-4-15/h5-6,8H,1-4H2. The fourth-order valence-electron chi connectivity index (χ4n) is 1.70. The molecule has 1 fully saturated rings. The number of aromatic nitrogens is 1. The second-order valence-electron chi connectivity index (χ2n) is 3.62. The molecule has 0 aromatic carbocycles. The Hall–Kier alpha value is -0.350. The second-order valence-corrected chi connectivity index (χ2v) is 5.15. The number of pyridine rings is 1. The molecule has 0 atom stereocenters. The topological polar surface area (TPSA) is 16.1 Å². The Labute approximate surface area is 102 Å². The summed E-state index contributed by atoms with van der Waals surface area (Å²) in [4.78, 5) is 6.03. The van der Waals surface area contributed by atoms with E-state index in [0.717, 1.165) is 25.9 Å². The highest BCUT2D eigenvalue weighted by Gasteiger charge is 2.20. The van der Waals surface area contributed by atoms with Crippen molar-refractivity contribution in [2.45, 2.75) is 18.2 Å². The molecule has 2 heterocycles. The summed E-state index contributed by atoms with van der Waals surface area (Å²) in [6.45, 7) is 1.55. The molecule has 1 aliphatic rings. The number of halogens is 3. The predicted molar refractivity (Wildman–Crippen MR) is 63.0 cm³/mol. The highest BCUT2D eigenvalue weighted by Crippen LogP contribution is 2.24. The molecule has 1 aromatic rings. The Bertz CT molecular complexity index is 353. The molecule has 0 amide bonds. The third-order valence-electron chi connectivity index (χ3n) is 2.51. The minimum atomic E-state index is -0.280. The highest BCUT2D eigenvalue weighted by molar-refractivity contribution is 9.10. The van der Waals surface area contributed by atoms with Crippen LogP contribution in [-0.4, -0.2) is 23.5 Å².